The monoisotopic (exact) mass is 276 g/mol. The van der Waals surface area contributed by atoms with Gasteiger partial charge in [0.25, 0.3) is 0 Å². The topological polar surface area (TPSA) is 46.3 Å². The minimum Gasteiger partial charge on any atom is -0.335 e. The van der Waals surface area contributed by atoms with Crippen LogP contribution in [0.25, 0.3) is 0 Å². The molecule has 1 heterocycles. The first-order valence-electron chi connectivity index (χ1n) is 6.90. The minimum atomic E-state index is -0.325. The molecule has 3 nitrogen and oxygen atoms in total. The lowest BCUT2D eigenvalue weighted by atomic mass is 9.99. The van der Waals surface area contributed by atoms with Gasteiger partial charge in [0, 0.05) is 17.5 Å². The molecule has 1 amide bonds. The second-order valence-electron chi connectivity index (χ2n) is 5.56. The van der Waals surface area contributed by atoms with E-state index in [0.29, 0.717) is 25.0 Å². The fourth-order valence-electron chi connectivity index (χ4n) is 3.00. The Morgan fingerprint density at radius 3 is 2.89 bits per heavy atom. The molecule has 102 valence electrons. The van der Waals surface area contributed by atoms with Crippen LogP contribution >= 0.6 is 11.3 Å². The molecule has 2 aliphatic carbocycles. The highest BCUT2D eigenvalue weighted by atomic mass is 32.1. The summed E-state index contributed by atoms with van der Waals surface area (Å²) in [7, 11) is 0. The summed E-state index contributed by atoms with van der Waals surface area (Å²) < 4.78 is 0. The number of hydrogen-bond acceptors (Lipinski definition) is 3. The smallest absolute Gasteiger partial charge is 0.234 e. The van der Waals surface area contributed by atoms with Crippen molar-refractivity contribution in [3.05, 3.63) is 35.0 Å². The molecule has 0 spiro atoms. The molecule has 0 unspecified atom stereocenters. The molecular formula is C15H20N2OS. The third-order valence-corrected chi connectivity index (χ3v) is 5.35. The van der Waals surface area contributed by atoms with Crippen LogP contribution in [-0.2, 0) is 10.2 Å². The van der Waals surface area contributed by atoms with Gasteiger partial charge in [-0.1, -0.05) is 12.1 Å². The van der Waals surface area contributed by atoms with Gasteiger partial charge in [0.2, 0.25) is 5.91 Å². The maximum Gasteiger partial charge on any atom is 0.234 e. The van der Waals surface area contributed by atoms with E-state index in [9.17, 15) is 4.79 Å². The summed E-state index contributed by atoms with van der Waals surface area (Å²) in [5, 5.41) is 2.05. The fourth-order valence-corrected chi connectivity index (χ4v) is 4.00. The number of nitrogens with zero attached hydrogens (tertiary/aromatic N) is 1. The second-order valence-corrected chi connectivity index (χ2v) is 6.51. The van der Waals surface area contributed by atoms with Crippen molar-refractivity contribution in [2.75, 3.05) is 13.1 Å². The van der Waals surface area contributed by atoms with Gasteiger partial charge in [-0.15, -0.1) is 17.9 Å². The molecule has 0 bridgehead atoms. The van der Waals surface area contributed by atoms with Crippen molar-refractivity contribution >= 4 is 17.2 Å². The summed E-state index contributed by atoms with van der Waals surface area (Å²) in [6.45, 7) is 5.04. The molecule has 2 fully saturated rings. The lowest BCUT2D eigenvalue weighted by molar-refractivity contribution is -0.134. The van der Waals surface area contributed by atoms with Gasteiger partial charge in [-0.25, -0.2) is 0 Å². The summed E-state index contributed by atoms with van der Waals surface area (Å²) in [5.41, 5.74) is 5.51. The minimum absolute atomic E-state index is 0.271. The number of nitrogens with two attached hydrogens (primary N) is 1. The molecular weight excluding hydrogens is 256 g/mol. The van der Waals surface area contributed by atoms with Crippen molar-refractivity contribution in [3.63, 3.8) is 0 Å². The largest absolute Gasteiger partial charge is 0.335 e. The fraction of sp³-hybridized carbons (Fsp3) is 0.533. The van der Waals surface area contributed by atoms with Crippen molar-refractivity contribution < 1.29 is 4.79 Å². The number of rotatable bonds is 6. The van der Waals surface area contributed by atoms with Crippen LogP contribution in [0.4, 0.5) is 0 Å². The molecule has 2 atom stereocenters. The summed E-state index contributed by atoms with van der Waals surface area (Å²) in [4.78, 5) is 16.2. The standard InChI is InChI=1S/C15H20N2OS/c1-2-7-17(12-5-6-12)14(18)15(9-11(15)10-16)13-4-3-8-19-13/h2-4,8,11-12H,1,5-7,9-10,16H2/t11-,15-/m0/s1. The van der Waals surface area contributed by atoms with E-state index in [0.717, 1.165) is 19.3 Å². The third kappa shape index (κ3) is 2.03. The van der Waals surface area contributed by atoms with Gasteiger partial charge in [0.05, 0.1) is 5.41 Å². The molecule has 1 aromatic rings. The van der Waals surface area contributed by atoms with Crippen LogP contribution in [0.1, 0.15) is 24.1 Å². The Morgan fingerprint density at radius 1 is 1.63 bits per heavy atom. The molecule has 19 heavy (non-hydrogen) atoms. The van der Waals surface area contributed by atoms with Crippen LogP contribution in [-0.4, -0.2) is 29.9 Å². The number of carbonyl (C=O) groups is 1. The number of thiophene rings is 1. The third-order valence-electron chi connectivity index (χ3n) is 4.31. The second kappa shape index (κ2) is 4.76. The van der Waals surface area contributed by atoms with E-state index >= 15 is 0 Å². The predicted octanol–water partition coefficient (Wildman–Crippen LogP) is 2.14. The highest BCUT2D eigenvalue weighted by Crippen LogP contribution is 2.57. The molecule has 0 aromatic carbocycles. The molecule has 0 radical (unpaired) electrons. The predicted molar refractivity (Wildman–Crippen MR) is 78.1 cm³/mol. The van der Waals surface area contributed by atoms with Gasteiger partial charge in [-0.2, -0.15) is 0 Å². The normalized spacial score (nSPS) is 29.0. The molecule has 1 aromatic heterocycles. The Bertz CT molecular complexity index is 480. The van der Waals surface area contributed by atoms with Crippen molar-refractivity contribution in [1.29, 1.82) is 0 Å². The highest BCUT2D eigenvalue weighted by molar-refractivity contribution is 7.10. The first-order chi connectivity index (χ1) is 9.24. The summed E-state index contributed by atoms with van der Waals surface area (Å²) in [5.74, 6) is 0.581. The average molecular weight is 276 g/mol. The quantitative estimate of drug-likeness (QED) is 0.809. The number of amides is 1. The first-order valence-corrected chi connectivity index (χ1v) is 7.78. The van der Waals surface area contributed by atoms with Crippen molar-refractivity contribution in [1.82, 2.24) is 4.90 Å². The maximum atomic E-state index is 13.0. The lowest BCUT2D eigenvalue weighted by Crippen LogP contribution is -2.42. The van der Waals surface area contributed by atoms with Gasteiger partial charge in [-0.05, 0) is 43.2 Å². The van der Waals surface area contributed by atoms with Crippen molar-refractivity contribution in [3.8, 4) is 0 Å². The van der Waals surface area contributed by atoms with E-state index in [1.54, 1.807) is 11.3 Å². The van der Waals surface area contributed by atoms with Gasteiger partial charge >= 0.3 is 0 Å². The Balaban J connectivity index is 1.88. The van der Waals surface area contributed by atoms with Crippen LogP contribution in [0, 0.1) is 5.92 Å². The highest BCUT2D eigenvalue weighted by Gasteiger charge is 2.62. The van der Waals surface area contributed by atoms with Gasteiger partial charge in [0.1, 0.15) is 0 Å². The molecule has 0 saturated heterocycles. The SMILES string of the molecule is C=CCN(C(=O)[C@@]1(c2cccs2)C[C@H]1CN)C1CC1. The van der Waals surface area contributed by atoms with Crippen molar-refractivity contribution in [2.45, 2.75) is 30.7 Å². The Hall–Kier alpha value is -1.13. The van der Waals surface area contributed by atoms with Crippen LogP contribution in [0.3, 0.4) is 0 Å². The van der Waals surface area contributed by atoms with Crippen molar-refractivity contribution in [2.24, 2.45) is 11.7 Å². The van der Waals surface area contributed by atoms with Crippen LogP contribution < -0.4 is 5.73 Å². The van der Waals surface area contributed by atoms with E-state index in [2.05, 4.69) is 12.6 Å². The zero-order valence-electron chi connectivity index (χ0n) is 11.0. The molecule has 4 heteroatoms. The Labute approximate surface area is 118 Å². The number of hydrogen-bond donors (Lipinski definition) is 1. The summed E-state index contributed by atoms with van der Waals surface area (Å²) >= 11 is 1.68. The summed E-state index contributed by atoms with van der Waals surface area (Å²) in [6, 6.07) is 4.54. The molecule has 0 aliphatic heterocycles. The zero-order valence-corrected chi connectivity index (χ0v) is 11.9. The molecule has 2 saturated carbocycles. The van der Waals surface area contributed by atoms with Gasteiger partial charge in [-0.3, -0.25) is 4.79 Å². The van der Waals surface area contributed by atoms with E-state index in [1.807, 2.05) is 22.4 Å². The van der Waals surface area contributed by atoms with E-state index < -0.39 is 0 Å². The molecule has 2 N–H and O–H groups in total. The van der Waals surface area contributed by atoms with Gasteiger partial charge in [0.15, 0.2) is 0 Å². The average Bonchev–Trinajstić information content (AvgIpc) is 3.34. The Morgan fingerprint density at radius 2 is 2.42 bits per heavy atom. The van der Waals surface area contributed by atoms with Crippen LogP contribution in [0.5, 0.6) is 0 Å². The molecule has 3 rings (SSSR count). The van der Waals surface area contributed by atoms with E-state index in [4.69, 9.17) is 5.73 Å². The zero-order chi connectivity index (χ0) is 13.5. The van der Waals surface area contributed by atoms with E-state index in [1.165, 1.54) is 4.88 Å². The first kappa shape index (κ1) is 12.9. The maximum absolute atomic E-state index is 13.0. The molecule has 2 aliphatic rings. The van der Waals surface area contributed by atoms with Gasteiger partial charge < -0.3 is 10.6 Å². The lowest BCUT2D eigenvalue weighted by Gasteiger charge is -2.26. The Kier molecular flexibility index (Phi) is 3.23. The van der Waals surface area contributed by atoms with Crippen LogP contribution in [0.15, 0.2) is 30.2 Å². The number of carbonyl (C=O) groups excluding carboxylic acids is 1. The van der Waals surface area contributed by atoms with E-state index in [-0.39, 0.29) is 11.3 Å². The van der Waals surface area contributed by atoms with Crippen LogP contribution in [0.2, 0.25) is 0 Å². The summed E-state index contributed by atoms with van der Waals surface area (Å²) in [6.07, 6.45) is 5.00.